The Labute approximate surface area is 126 Å². The molecule has 2 heterocycles. The van der Waals surface area contributed by atoms with Crippen LogP contribution in [0.15, 0.2) is 16.6 Å². The zero-order valence-corrected chi connectivity index (χ0v) is 12.7. The summed E-state index contributed by atoms with van der Waals surface area (Å²) in [5.41, 5.74) is 0.590. The fourth-order valence-corrected chi connectivity index (χ4v) is 3.04. The van der Waals surface area contributed by atoms with Gasteiger partial charge < -0.3 is 20.1 Å². The van der Waals surface area contributed by atoms with Gasteiger partial charge in [0.2, 0.25) is 0 Å². The van der Waals surface area contributed by atoms with E-state index in [1.807, 2.05) is 0 Å². The van der Waals surface area contributed by atoms with Gasteiger partial charge >= 0.3 is 0 Å². The summed E-state index contributed by atoms with van der Waals surface area (Å²) in [5, 5.41) is 6.33. The lowest BCUT2D eigenvalue weighted by atomic mass is 10.1. The second kappa shape index (κ2) is 6.01. The van der Waals surface area contributed by atoms with Crippen LogP contribution >= 0.6 is 15.9 Å². The Morgan fingerprint density at radius 3 is 3.00 bits per heavy atom. The number of carbonyl (C=O) groups is 1. The summed E-state index contributed by atoms with van der Waals surface area (Å²) in [6.45, 7) is 2.90. The minimum atomic E-state index is -0.0728. The number of amides is 1. The van der Waals surface area contributed by atoms with E-state index in [0.29, 0.717) is 30.3 Å². The van der Waals surface area contributed by atoms with Gasteiger partial charge in [-0.25, -0.2) is 0 Å². The molecular weight excluding hydrogens is 324 g/mol. The Hall–Kier alpha value is -1.27. The van der Waals surface area contributed by atoms with E-state index in [2.05, 4.69) is 26.6 Å². The predicted molar refractivity (Wildman–Crippen MR) is 78.5 cm³/mol. The summed E-state index contributed by atoms with van der Waals surface area (Å²) in [7, 11) is 0. The first-order valence-electron chi connectivity index (χ1n) is 6.85. The Balaban J connectivity index is 1.75. The fourth-order valence-electron chi connectivity index (χ4n) is 2.49. The zero-order chi connectivity index (χ0) is 13.9. The first-order valence-corrected chi connectivity index (χ1v) is 7.64. The fraction of sp³-hybridized carbons (Fsp3) is 0.500. The maximum Gasteiger partial charge on any atom is 0.251 e. The van der Waals surface area contributed by atoms with E-state index in [1.165, 1.54) is 0 Å². The predicted octanol–water partition coefficient (Wildman–Crippen LogP) is 1.70. The van der Waals surface area contributed by atoms with Gasteiger partial charge in [-0.05, 0) is 47.4 Å². The molecule has 2 aliphatic rings. The van der Waals surface area contributed by atoms with E-state index in [-0.39, 0.29) is 11.9 Å². The van der Waals surface area contributed by atoms with Crippen LogP contribution in [0.2, 0.25) is 0 Å². The Bertz CT molecular complexity index is 515. The van der Waals surface area contributed by atoms with Crippen molar-refractivity contribution in [1.29, 1.82) is 0 Å². The van der Waals surface area contributed by atoms with Crippen LogP contribution < -0.4 is 20.1 Å². The van der Waals surface area contributed by atoms with Crippen molar-refractivity contribution in [3.8, 4) is 11.5 Å². The van der Waals surface area contributed by atoms with E-state index in [4.69, 9.17) is 9.47 Å². The number of nitrogens with one attached hydrogen (secondary N) is 2. The largest absolute Gasteiger partial charge is 0.486 e. The van der Waals surface area contributed by atoms with Crippen LogP contribution in [0.4, 0.5) is 0 Å². The highest BCUT2D eigenvalue weighted by molar-refractivity contribution is 9.10. The van der Waals surface area contributed by atoms with Crippen LogP contribution in [0, 0.1) is 0 Å². The summed E-state index contributed by atoms with van der Waals surface area (Å²) in [5.74, 6) is 1.22. The molecule has 1 aromatic carbocycles. The Morgan fingerprint density at radius 2 is 2.20 bits per heavy atom. The van der Waals surface area contributed by atoms with Crippen molar-refractivity contribution in [2.45, 2.75) is 18.9 Å². The minimum Gasteiger partial charge on any atom is -0.486 e. The minimum absolute atomic E-state index is 0.0728. The van der Waals surface area contributed by atoms with Gasteiger partial charge in [0.1, 0.15) is 13.2 Å². The zero-order valence-electron chi connectivity index (χ0n) is 11.1. The quantitative estimate of drug-likeness (QED) is 0.860. The lowest BCUT2D eigenvalue weighted by molar-refractivity contribution is 0.0929. The van der Waals surface area contributed by atoms with Crippen LogP contribution in [0.3, 0.4) is 0 Å². The highest BCUT2D eigenvalue weighted by atomic mass is 79.9. The molecule has 1 saturated heterocycles. The van der Waals surface area contributed by atoms with Gasteiger partial charge in [0.15, 0.2) is 11.5 Å². The number of benzene rings is 1. The molecule has 0 aliphatic carbocycles. The summed E-state index contributed by atoms with van der Waals surface area (Å²) >= 11 is 3.43. The summed E-state index contributed by atoms with van der Waals surface area (Å²) < 4.78 is 11.8. The SMILES string of the molecule is O=C(NC1CCCNC1)c1cc(Br)c2c(c1)OCCO2. The number of hydrogen-bond acceptors (Lipinski definition) is 4. The van der Waals surface area contributed by atoms with Gasteiger partial charge in [-0.3, -0.25) is 4.79 Å². The number of halogens is 1. The third kappa shape index (κ3) is 2.91. The monoisotopic (exact) mass is 340 g/mol. The molecule has 5 nitrogen and oxygen atoms in total. The highest BCUT2D eigenvalue weighted by Crippen LogP contribution is 2.38. The molecular formula is C14H17BrN2O3. The van der Waals surface area contributed by atoms with Gasteiger partial charge in [-0.15, -0.1) is 0 Å². The highest BCUT2D eigenvalue weighted by Gasteiger charge is 2.21. The van der Waals surface area contributed by atoms with Crippen LogP contribution in [0.25, 0.3) is 0 Å². The van der Waals surface area contributed by atoms with Crippen LogP contribution in [-0.4, -0.2) is 38.3 Å². The van der Waals surface area contributed by atoms with E-state index in [1.54, 1.807) is 12.1 Å². The molecule has 3 rings (SSSR count). The standard InChI is InChI=1S/C14H17BrN2O3/c15-11-6-9(7-12-13(11)20-5-4-19-12)14(18)17-10-2-1-3-16-8-10/h6-7,10,16H,1-5,8H2,(H,17,18). The van der Waals surface area contributed by atoms with Crippen molar-refractivity contribution in [2.24, 2.45) is 0 Å². The number of rotatable bonds is 2. The number of fused-ring (bicyclic) bond motifs is 1. The lowest BCUT2D eigenvalue weighted by Crippen LogP contribution is -2.45. The topological polar surface area (TPSA) is 59.6 Å². The van der Waals surface area contributed by atoms with E-state index in [0.717, 1.165) is 30.4 Å². The molecule has 20 heavy (non-hydrogen) atoms. The first-order chi connectivity index (χ1) is 9.74. The third-order valence-electron chi connectivity index (χ3n) is 3.49. The lowest BCUT2D eigenvalue weighted by Gasteiger charge is -2.24. The Kier molecular flexibility index (Phi) is 4.12. The third-order valence-corrected chi connectivity index (χ3v) is 4.08. The molecule has 1 amide bonds. The van der Waals surface area contributed by atoms with E-state index < -0.39 is 0 Å². The van der Waals surface area contributed by atoms with Crippen molar-refractivity contribution in [3.05, 3.63) is 22.2 Å². The maximum atomic E-state index is 12.3. The van der Waals surface area contributed by atoms with Gasteiger partial charge in [0.05, 0.1) is 4.47 Å². The first kappa shape index (κ1) is 13.7. The molecule has 108 valence electrons. The van der Waals surface area contributed by atoms with Crippen molar-refractivity contribution >= 4 is 21.8 Å². The average Bonchev–Trinajstić information content (AvgIpc) is 2.48. The number of carbonyl (C=O) groups excluding carboxylic acids is 1. The van der Waals surface area contributed by atoms with Crippen LogP contribution in [-0.2, 0) is 0 Å². The molecule has 1 fully saturated rings. The summed E-state index contributed by atoms with van der Waals surface area (Å²) in [4.78, 5) is 12.3. The van der Waals surface area contributed by atoms with Crippen molar-refractivity contribution < 1.29 is 14.3 Å². The van der Waals surface area contributed by atoms with Crippen molar-refractivity contribution in [1.82, 2.24) is 10.6 Å². The van der Waals surface area contributed by atoms with Gasteiger partial charge in [-0.2, -0.15) is 0 Å². The molecule has 0 spiro atoms. The molecule has 2 N–H and O–H groups in total. The van der Waals surface area contributed by atoms with Crippen molar-refractivity contribution in [3.63, 3.8) is 0 Å². The molecule has 0 radical (unpaired) electrons. The van der Waals surface area contributed by atoms with Gasteiger partial charge in [-0.1, -0.05) is 0 Å². The molecule has 0 aromatic heterocycles. The molecule has 1 atom stereocenters. The normalized spacial score (nSPS) is 21.4. The van der Waals surface area contributed by atoms with E-state index in [9.17, 15) is 4.79 Å². The van der Waals surface area contributed by atoms with Crippen LogP contribution in [0.1, 0.15) is 23.2 Å². The average molecular weight is 341 g/mol. The molecule has 1 unspecified atom stereocenters. The number of ether oxygens (including phenoxy) is 2. The van der Waals surface area contributed by atoms with E-state index >= 15 is 0 Å². The molecule has 0 bridgehead atoms. The second-order valence-corrected chi connectivity index (χ2v) is 5.85. The molecule has 0 saturated carbocycles. The van der Waals surface area contributed by atoms with Crippen molar-refractivity contribution in [2.75, 3.05) is 26.3 Å². The number of piperidine rings is 1. The number of hydrogen-bond donors (Lipinski definition) is 2. The summed E-state index contributed by atoms with van der Waals surface area (Å²) in [6, 6.07) is 3.72. The molecule has 6 heteroatoms. The smallest absolute Gasteiger partial charge is 0.251 e. The molecule has 1 aromatic rings. The summed E-state index contributed by atoms with van der Waals surface area (Å²) in [6.07, 6.45) is 2.11. The maximum absolute atomic E-state index is 12.3. The Morgan fingerprint density at radius 1 is 1.35 bits per heavy atom. The second-order valence-electron chi connectivity index (χ2n) is 5.00. The van der Waals surface area contributed by atoms with Gasteiger partial charge in [0.25, 0.3) is 5.91 Å². The van der Waals surface area contributed by atoms with Gasteiger partial charge in [0, 0.05) is 18.2 Å². The molecule has 2 aliphatic heterocycles. The van der Waals surface area contributed by atoms with Crippen LogP contribution in [0.5, 0.6) is 11.5 Å².